The van der Waals surface area contributed by atoms with Crippen molar-refractivity contribution in [2.75, 3.05) is 19.8 Å². The fourth-order valence-corrected chi connectivity index (χ4v) is 2.53. The summed E-state index contributed by atoms with van der Waals surface area (Å²) in [4.78, 5) is 12.0. The highest BCUT2D eigenvalue weighted by Crippen LogP contribution is 2.30. The molecule has 5 heteroatoms. The maximum atomic E-state index is 12.0. The van der Waals surface area contributed by atoms with E-state index in [9.17, 15) is 4.79 Å². The molecular formula is C17H16ClNO3. The molecule has 1 N–H and O–H groups in total. The average molecular weight is 318 g/mol. The second kappa shape index (κ2) is 6.71. The highest BCUT2D eigenvalue weighted by molar-refractivity contribution is 6.33. The van der Waals surface area contributed by atoms with E-state index < -0.39 is 0 Å². The number of benzene rings is 2. The smallest absolute Gasteiger partial charge is 0.252 e. The zero-order valence-corrected chi connectivity index (χ0v) is 12.7. The summed E-state index contributed by atoms with van der Waals surface area (Å²) in [7, 11) is 0. The third-order valence-corrected chi connectivity index (χ3v) is 3.75. The van der Waals surface area contributed by atoms with Crippen LogP contribution in [0.25, 0.3) is 0 Å². The summed E-state index contributed by atoms with van der Waals surface area (Å²) in [6, 6.07) is 12.8. The summed E-state index contributed by atoms with van der Waals surface area (Å²) < 4.78 is 11.0. The molecule has 1 aliphatic heterocycles. The third-order valence-electron chi connectivity index (χ3n) is 3.42. The summed E-state index contributed by atoms with van der Waals surface area (Å²) in [6.45, 7) is 1.68. The van der Waals surface area contributed by atoms with Gasteiger partial charge in [0.15, 0.2) is 11.5 Å². The predicted octanol–water partition coefficient (Wildman–Crippen LogP) is 3.08. The van der Waals surface area contributed by atoms with Gasteiger partial charge in [0.25, 0.3) is 5.91 Å². The number of carbonyl (C=O) groups is 1. The minimum atomic E-state index is -0.164. The average Bonchev–Trinajstić information content (AvgIpc) is 2.55. The molecule has 1 aliphatic rings. The molecule has 0 aliphatic carbocycles. The van der Waals surface area contributed by atoms with Crippen LogP contribution in [0.3, 0.4) is 0 Å². The van der Waals surface area contributed by atoms with Gasteiger partial charge in [-0.05, 0) is 36.2 Å². The van der Waals surface area contributed by atoms with Crippen molar-refractivity contribution in [2.24, 2.45) is 0 Å². The summed E-state index contributed by atoms with van der Waals surface area (Å²) in [5.41, 5.74) is 1.58. The monoisotopic (exact) mass is 317 g/mol. The second-order valence-electron chi connectivity index (χ2n) is 4.96. The van der Waals surface area contributed by atoms with Crippen molar-refractivity contribution in [1.29, 1.82) is 0 Å². The standard InChI is InChI=1S/C17H16ClNO3/c18-14-4-2-1-3-13(14)17(20)19-8-7-12-5-6-15-16(11-12)22-10-9-21-15/h1-6,11H,7-10H2,(H,19,20). The van der Waals surface area contributed by atoms with Crippen molar-refractivity contribution in [2.45, 2.75) is 6.42 Å². The molecule has 0 aromatic heterocycles. The molecule has 0 saturated carbocycles. The number of ether oxygens (including phenoxy) is 2. The number of hydrogen-bond acceptors (Lipinski definition) is 3. The topological polar surface area (TPSA) is 47.6 Å². The van der Waals surface area contributed by atoms with Crippen LogP contribution in [0, 0.1) is 0 Å². The van der Waals surface area contributed by atoms with Gasteiger partial charge in [0.1, 0.15) is 13.2 Å². The van der Waals surface area contributed by atoms with Crippen LogP contribution in [0.4, 0.5) is 0 Å². The van der Waals surface area contributed by atoms with Crippen LogP contribution >= 0.6 is 11.6 Å². The van der Waals surface area contributed by atoms with Crippen LogP contribution in [0.15, 0.2) is 42.5 Å². The number of hydrogen-bond donors (Lipinski definition) is 1. The van der Waals surface area contributed by atoms with E-state index in [-0.39, 0.29) is 5.91 Å². The highest BCUT2D eigenvalue weighted by Gasteiger charge is 2.12. The minimum absolute atomic E-state index is 0.164. The van der Waals surface area contributed by atoms with Gasteiger partial charge in [-0.2, -0.15) is 0 Å². The van der Waals surface area contributed by atoms with Crippen LogP contribution in [0.2, 0.25) is 5.02 Å². The molecule has 2 aromatic rings. The van der Waals surface area contributed by atoms with E-state index in [1.165, 1.54) is 0 Å². The first-order valence-corrected chi connectivity index (χ1v) is 7.53. The fraction of sp³-hybridized carbons (Fsp3) is 0.235. The Labute approximate surface area is 134 Å². The van der Waals surface area contributed by atoms with Crippen LogP contribution in [0.5, 0.6) is 11.5 Å². The van der Waals surface area contributed by atoms with Gasteiger partial charge in [-0.1, -0.05) is 29.8 Å². The normalized spacial score (nSPS) is 12.8. The molecule has 22 heavy (non-hydrogen) atoms. The Hall–Kier alpha value is -2.20. The number of carbonyl (C=O) groups excluding carboxylic acids is 1. The molecule has 0 unspecified atom stereocenters. The van der Waals surface area contributed by atoms with E-state index in [0.717, 1.165) is 17.1 Å². The summed E-state index contributed by atoms with van der Waals surface area (Å²) in [5.74, 6) is 1.37. The molecule has 0 bridgehead atoms. The zero-order chi connectivity index (χ0) is 15.4. The first kappa shape index (κ1) is 14.7. The third kappa shape index (κ3) is 3.34. The number of amides is 1. The number of nitrogens with one attached hydrogen (secondary N) is 1. The summed E-state index contributed by atoms with van der Waals surface area (Å²) in [5, 5.41) is 3.33. The Morgan fingerprint density at radius 3 is 2.68 bits per heavy atom. The van der Waals surface area contributed by atoms with Crippen molar-refractivity contribution in [3.63, 3.8) is 0 Å². The molecule has 0 spiro atoms. The molecule has 0 fully saturated rings. The lowest BCUT2D eigenvalue weighted by Gasteiger charge is -2.18. The van der Waals surface area contributed by atoms with Gasteiger partial charge in [-0.15, -0.1) is 0 Å². The molecule has 3 rings (SSSR count). The van der Waals surface area contributed by atoms with Gasteiger partial charge in [0.05, 0.1) is 10.6 Å². The lowest BCUT2D eigenvalue weighted by atomic mass is 10.1. The van der Waals surface area contributed by atoms with Gasteiger partial charge >= 0.3 is 0 Å². The van der Waals surface area contributed by atoms with Gasteiger partial charge in [0, 0.05) is 6.54 Å². The Morgan fingerprint density at radius 1 is 1.09 bits per heavy atom. The van der Waals surface area contributed by atoms with Crippen molar-refractivity contribution >= 4 is 17.5 Å². The molecule has 0 saturated heterocycles. The van der Waals surface area contributed by atoms with Crippen LogP contribution in [-0.2, 0) is 6.42 Å². The second-order valence-corrected chi connectivity index (χ2v) is 5.37. The molecule has 1 amide bonds. The highest BCUT2D eigenvalue weighted by atomic mass is 35.5. The largest absolute Gasteiger partial charge is 0.486 e. The van der Waals surface area contributed by atoms with Crippen molar-refractivity contribution in [3.05, 3.63) is 58.6 Å². The van der Waals surface area contributed by atoms with E-state index in [2.05, 4.69) is 5.32 Å². The molecular weight excluding hydrogens is 302 g/mol. The van der Waals surface area contributed by atoms with E-state index in [1.807, 2.05) is 18.2 Å². The van der Waals surface area contributed by atoms with Gasteiger partial charge < -0.3 is 14.8 Å². The minimum Gasteiger partial charge on any atom is -0.486 e. The molecule has 2 aromatic carbocycles. The van der Waals surface area contributed by atoms with Crippen LogP contribution in [0.1, 0.15) is 15.9 Å². The molecule has 0 radical (unpaired) electrons. The summed E-state index contributed by atoms with van der Waals surface area (Å²) in [6.07, 6.45) is 0.715. The fourth-order valence-electron chi connectivity index (χ4n) is 2.30. The maximum Gasteiger partial charge on any atom is 0.252 e. The van der Waals surface area contributed by atoms with E-state index in [1.54, 1.807) is 24.3 Å². The maximum absolute atomic E-state index is 12.0. The first-order valence-electron chi connectivity index (χ1n) is 7.15. The SMILES string of the molecule is O=C(NCCc1ccc2c(c1)OCCO2)c1ccccc1Cl. The van der Waals surface area contributed by atoms with Crippen LogP contribution in [-0.4, -0.2) is 25.7 Å². The summed E-state index contributed by atoms with van der Waals surface area (Å²) >= 11 is 6.00. The van der Waals surface area contributed by atoms with Gasteiger partial charge in [0.2, 0.25) is 0 Å². The van der Waals surface area contributed by atoms with E-state index >= 15 is 0 Å². The van der Waals surface area contributed by atoms with Crippen LogP contribution < -0.4 is 14.8 Å². The van der Waals surface area contributed by atoms with E-state index in [0.29, 0.717) is 36.8 Å². The first-order chi connectivity index (χ1) is 10.7. The number of halogens is 1. The lowest BCUT2D eigenvalue weighted by molar-refractivity contribution is 0.0954. The number of rotatable bonds is 4. The Balaban J connectivity index is 1.57. The Morgan fingerprint density at radius 2 is 1.86 bits per heavy atom. The quantitative estimate of drug-likeness (QED) is 0.942. The molecule has 0 atom stereocenters. The van der Waals surface area contributed by atoms with Crippen molar-refractivity contribution in [1.82, 2.24) is 5.32 Å². The Bertz CT molecular complexity index is 687. The zero-order valence-electron chi connectivity index (χ0n) is 12.0. The Kier molecular flexibility index (Phi) is 4.49. The van der Waals surface area contributed by atoms with E-state index in [4.69, 9.17) is 21.1 Å². The molecule has 114 valence electrons. The predicted molar refractivity (Wildman–Crippen MR) is 84.9 cm³/mol. The number of fused-ring (bicyclic) bond motifs is 1. The molecule has 1 heterocycles. The van der Waals surface area contributed by atoms with Crippen molar-refractivity contribution in [3.8, 4) is 11.5 Å². The van der Waals surface area contributed by atoms with Gasteiger partial charge in [-0.3, -0.25) is 4.79 Å². The lowest BCUT2D eigenvalue weighted by Crippen LogP contribution is -2.26. The molecule has 4 nitrogen and oxygen atoms in total. The van der Waals surface area contributed by atoms with Crippen molar-refractivity contribution < 1.29 is 14.3 Å². The van der Waals surface area contributed by atoms with Gasteiger partial charge in [-0.25, -0.2) is 0 Å².